The van der Waals surface area contributed by atoms with Gasteiger partial charge in [0.1, 0.15) is 17.4 Å². The van der Waals surface area contributed by atoms with Crippen molar-refractivity contribution >= 4 is 11.0 Å². The van der Waals surface area contributed by atoms with E-state index in [0.29, 0.717) is 12.4 Å². The van der Waals surface area contributed by atoms with Gasteiger partial charge in [-0.3, -0.25) is 0 Å². The number of fused-ring (bicyclic) bond motifs is 1. The maximum absolute atomic E-state index is 9.92. The topological polar surface area (TPSA) is 42.6 Å². The first-order chi connectivity index (χ1) is 8.74. The van der Waals surface area contributed by atoms with Gasteiger partial charge < -0.3 is 14.3 Å². The van der Waals surface area contributed by atoms with Crippen molar-refractivity contribution in [1.82, 2.24) is 0 Å². The average molecular weight is 248 g/mol. The predicted molar refractivity (Wildman–Crippen MR) is 71.7 cm³/mol. The lowest BCUT2D eigenvalue weighted by atomic mass is 10.1. The molecular weight excluding hydrogens is 228 g/mol. The zero-order chi connectivity index (χ0) is 13.0. The van der Waals surface area contributed by atoms with E-state index >= 15 is 0 Å². The van der Waals surface area contributed by atoms with Crippen LogP contribution in [0.5, 0.6) is 0 Å². The maximum Gasteiger partial charge on any atom is 0.134 e. The zero-order valence-electron chi connectivity index (χ0n) is 11.0. The number of aliphatic hydroxyl groups is 1. The van der Waals surface area contributed by atoms with Crippen molar-refractivity contribution in [2.24, 2.45) is 0 Å². The summed E-state index contributed by atoms with van der Waals surface area (Å²) in [6.07, 6.45) is 2.07. The summed E-state index contributed by atoms with van der Waals surface area (Å²) in [6.45, 7) is 2.77. The van der Waals surface area contributed by atoms with Crippen molar-refractivity contribution in [3.05, 3.63) is 35.6 Å². The number of hydrogen-bond acceptors (Lipinski definition) is 3. The fourth-order valence-electron chi connectivity index (χ4n) is 2.07. The van der Waals surface area contributed by atoms with Gasteiger partial charge in [-0.05, 0) is 36.6 Å². The number of hydrogen-bond donors (Lipinski definition) is 1. The Bertz CT molecular complexity index is 501. The minimum Gasteiger partial charge on any atom is -0.458 e. The van der Waals surface area contributed by atoms with Crippen LogP contribution in [0.4, 0.5) is 0 Å². The first kappa shape index (κ1) is 13.1. The Kier molecular flexibility index (Phi) is 4.39. The van der Waals surface area contributed by atoms with E-state index < -0.39 is 6.10 Å². The minimum atomic E-state index is -0.496. The van der Waals surface area contributed by atoms with Crippen molar-refractivity contribution in [3.63, 3.8) is 0 Å². The minimum absolute atomic E-state index is 0.496. The molecule has 1 unspecified atom stereocenters. The number of furan rings is 1. The third kappa shape index (κ3) is 2.92. The quantitative estimate of drug-likeness (QED) is 0.851. The number of benzene rings is 1. The fraction of sp³-hybridized carbons (Fsp3) is 0.467. The maximum atomic E-state index is 9.92. The molecule has 3 heteroatoms. The Morgan fingerprint density at radius 3 is 2.89 bits per heavy atom. The van der Waals surface area contributed by atoms with E-state index in [9.17, 15) is 5.11 Å². The van der Waals surface area contributed by atoms with Gasteiger partial charge >= 0.3 is 0 Å². The van der Waals surface area contributed by atoms with Crippen LogP contribution < -0.4 is 0 Å². The first-order valence-corrected chi connectivity index (χ1v) is 6.44. The van der Waals surface area contributed by atoms with E-state index in [1.54, 1.807) is 7.11 Å². The molecule has 0 spiro atoms. The summed E-state index contributed by atoms with van der Waals surface area (Å²) in [6, 6.07) is 8.04. The molecule has 0 saturated heterocycles. The first-order valence-electron chi connectivity index (χ1n) is 6.44. The van der Waals surface area contributed by atoms with Crippen LogP contribution in [0.15, 0.2) is 28.7 Å². The van der Waals surface area contributed by atoms with Crippen LogP contribution in [-0.2, 0) is 11.2 Å². The SMILES string of the molecule is CCCC(O)c1cc2cc(CCOC)ccc2o1. The van der Waals surface area contributed by atoms with E-state index in [2.05, 4.69) is 13.0 Å². The lowest BCUT2D eigenvalue weighted by molar-refractivity contribution is 0.141. The van der Waals surface area contributed by atoms with Crippen molar-refractivity contribution in [2.75, 3.05) is 13.7 Å². The van der Waals surface area contributed by atoms with Crippen LogP contribution in [0.3, 0.4) is 0 Å². The van der Waals surface area contributed by atoms with Crippen LogP contribution in [0.2, 0.25) is 0 Å². The molecule has 0 bridgehead atoms. The molecule has 1 aromatic heterocycles. The Labute approximate surface area is 107 Å². The number of methoxy groups -OCH3 is 1. The molecule has 0 saturated carbocycles. The molecule has 0 amide bonds. The monoisotopic (exact) mass is 248 g/mol. The predicted octanol–water partition coefficient (Wildman–Crippen LogP) is 3.46. The van der Waals surface area contributed by atoms with Gasteiger partial charge in [0.05, 0.1) is 6.61 Å². The molecule has 1 atom stereocenters. The molecule has 0 fully saturated rings. The summed E-state index contributed by atoms with van der Waals surface area (Å²) in [4.78, 5) is 0. The Morgan fingerprint density at radius 2 is 2.17 bits per heavy atom. The fourth-order valence-corrected chi connectivity index (χ4v) is 2.07. The standard InChI is InChI=1S/C15H20O3/c1-3-4-13(16)15-10-12-9-11(7-8-17-2)5-6-14(12)18-15/h5-6,9-10,13,16H,3-4,7-8H2,1-2H3. The smallest absolute Gasteiger partial charge is 0.134 e. The molecule has 2 aromatic rings. The lowest BCUT2D eigenvalue weighted by Crippen LogP contribution is -1.93. The summed E-state index contributed by atoms with van der Waals surface area (Å²) >= 11 is 0. The highest BCUT2D eigenvalue weighted by Gasteiger charge is 2.12. The van der Waals surface area contributed by atoms with Crippen LogP contribution >= 0.6 is 0 Å². The highest BCUT2D eigenvalue weighted by atomic mass is 16.5. The molecular formula is C15H20O3. The van der Waals surface area contributed by atoms with Crippen molar-refractivity contribution in [1.29, 1.82) is 0 Å². The number of aliphatic hydroxyl groups excluding tert-OH is 1. The third-order valence-electron chi connectivity index (χ3n) is 3.09. The van der Waals surface area contributed by atoms with E-state index in [0.717, 1.165) is 30.2 Å². The molecule has 2 rings (SSSR count). The summed E-state index contributed by atoms with van der Waals surface area (Å²) in [7, 11) is 1.70. The van der Waals surface area contributed by atoms with Gasteiger partial charge in [0, 0.05) is 12.5 Å². The van der Waals surface area contributed by atoms with Gasteiger partial charge in [0.2, 0.25) is 0 Å². The largest absolute Gasteiger partial charge is 0.458 e. The van der Waals surface area contributed by atoms with Crippen LogP contribution in [0, 0.1) is 0 Å². The summed E-state index contributed by atoms with van der Waals surface area (Å²) in [5.41, 5.74) is 2.06. The van der Waals surface area contributed by atoms with Gasteiger partial charge in [-0.25, -0.2) is 0 Å². The average Bonchev–Trinajstić information content (AvgIpc) is 2.79. The molecule has 0 aliphatic carbocycles. The van der Waals surface area contributed by atoms with Crippen LogP contribution in [0.25, 0.3) is 11.0 Å². The molecule has 1 heterocycles. The Balaban J connectivity index is 2.22. The molecule has 0 radical (unpaired) electrons. The highest BCUT2D eigenvalue weighted by Crippen LogP contribution is 2.27. The normalized spacial score (nSPS) is 13.1. The van der Waals surface area contributed by atoms with E-state index in [4.69, 9.17) is 9.15 Å². The highest BCUT2D eigenvalue weighted by molar-refractivity contribution is 5.78. The number of ether oxygens (including phenoxy) is 1. The molecule has 0 aliphatic heterocycles. The van der Waals surface area contributed by atoms with E-state index in [-0.39, 0.29) is 0 Å². The van der Waals surface area contributed by atoms with Crippen LogP contribution in [0.1, 0.15) is 37.2 Å². The van der Waals surface area contributed by atoms with Gasteiger partial charge in [0.25, 0.3) is 0 Å². The van der Waals surface area contributed by atoms with Crippen molar-refractivity contribution in [3.8, 4) is 0 Å². The Morgan fingerprint density at radius 1 is 1.33 bits per heavy atom. The molecule has 98 valence electrons. The molecule has 0 aliphatic rings. The van der Waals surface area contributed by atoms with Crippen molar-refractivity contribution < 1.29 is 14.3 Å². The van der Waals surface area contributed by atoms with E-state index in [1.165, 1.54) is 5.56 Å². The Hall–Kier alpha value is -1.32. The molecule has 1 N–H and O–H groups in total. The summed E-state index contributed by atoms with van der Waals surface area (Å²) < 4.78 is 10.7. The van der Waals surface area contributed by atoms with E-state index in [1.807, 2.05) is 18.2 Å². The number of rotatable bonds is 6. The second-order valence-corrected chi connectivity index (χ2v) is 4.57. The second kappa shape index (κ2) is 6.03. The second-order valence-electron chi connectivity index (χ2n) is 4.57. The summed E-state index contributed by atoms with van der Waals surface area (Å²) in [5.74, 6) is 0.663. The van der Waals surface area contributed by atoms with Gasteiger partial charge in [-0.15, -0.1) is 0 Å². The zero-order valence-corrected chi connectivity index (χ0v) is 11.0. The van der Waals surface area contributed by atoms with Gasteiger partial charge in [-0.1, -0.05) is 19.4 Å². The summed E-state index contributed by atoms with van der Waals surface area (Å²) in [5, 5.41) is 11.0. The molecule has 1 aromatic carbocycles. The molecule has 3 nitrogen and oxygen atoms in total. The van der Waals surface area contributed by atoms with Crippen molar-refractivity contribution in [2.45, 2.75) is 32.3 Å². The van der Waals surface area contributed by atoms with Crippen LogP contribution in [-0.4, -0.2) is 18.8 Å². The van der Waals surface area contributed by atoms with Gasteiger partial charge in [0.15, 0.2) is 0 Å². The van der Waals surface area contributed by atoms with Gasteiger partial charge in [-0.2, -0.15) is 0 Å². The lowest BCUT2D eigenvalue weighted by Gasteiger charge is -2.03. The molecule has 18 heavy (non-hydrogen) atoms. The third-order valence-corrected chi connectivity index (χ3v) is 3.09.